The number of hydrogen-bond donors (Lipinski definition) is 2. The molecule has 0 aromatic rings. The van der Waals surface area contributed by atoms with E-state index in [1.54, 1.807) is 0 Å². The van der Waals surface area contributed by atoms with Crippen molar-refractivity contribution < 1.29 is 15.0 Å². The van der Waals surface area contributed by atoms with E-state index in [4.69, 9.17) is 5.11 Å². The second kappa shape index (κ2) is 3.96. The molecule has 3 unspecified atom stereocenters. The zero-order chi connectivity index (χ0) is 10.1. The molecule has 2 rings (SSSR count). The van der Waals surface area contributed by atoms with E-state index in [2.05, 4.69) is 4.90 Å². The summed E-state index contributed by atoms with van der Waals surface area (Å²) in [5.41, 5.74) is 0. The molecule has 4 heteroatoms. The minimum Gasteiger partial charge on any atom is -0.396 e. The highest BCUT2D eigenvalue weighted by Crippen LogP contribution is 2.26. The fraction of sp³-hybridized carbons (Fsp3) is 0.900. The van der Waals surface area contributed by atoms with Crippen molar-refractivity contribution in [3.05, 3.63) is 0 Å². The van der Waals surface area contributed by atoms with Crippen LogP contribution in [-0.2, 0) is 4.79 Å². The molecular weight excluding hydrogens is 182 g/mol. The normalized spacial score (nSPS) is 39.6. The molecular formula is C10H17NO3. The molecule has 3 atom stereocenters. The van der Waals surface area contributed by atoms with Gasteiger partial charge >= 0.3 is 0 Å². The van der Waals surface area contributed by atoms with Crippen molar-refractivity contribution >= 4 is 5.78 Å². The van der Waals surface area contributed by atoms with Gasteiger partial charge in [-0.3, -0.25) is 9.69 Å². The average molecular weight is 199 g/mol. The van der Waals surface area contributed by atoms with Crippen LogP contribution in [0, 0.1) is 5.92 Å². The molecule has 1 aliphatic heterocycles. The summed E-state index contributed by atoms with van der Waals surface area (Å²) in [6, 6.07) is 0.314. The second-order valence-electron chi connectivity index (χ2n) is 4.40. The zero-order valence-corrected chi connectivity index (χ0v) is 8.22. The van der Waals surface area contributed by atoms with Gasteiger partial charge in [-0.15, -0.1) is 0 Å². The van der Waals surface area contributed by atoms with E-state index in [0.29, 0.717) is 31.2 Å². The molecule has 14 heavy (non-hydrogen) atoms. The largest absolute Gasteiger partial charge is 0.396 e. The van der Waals surface area contributed by atoms with Gasteiger partial charge in [-0.2, -0.15) is 0 Å². The standard InChI is InChI=1S/C10H17NO3/c12-6-7-4-11(5-10(7)14)8-1-2-9(13)3-8/h7-8,10,12,14H,1-6H2. The molecule has 0 spiro atoms. The third-order valence-corrected chi connectivity index (χ3v) is 3.41. The van der Waals surface area contributed by atoms with Crippen LogP contribution >= 0.6 is 0 Å². The number of aliphatic hydroxyl groups is 2. The summed E-state index contributed by atoms with van der Waals surface area (Å²) in [6.07, 6.45) is 1.81. The molecule has 1 saturated carbocycles. The maximum atomic E-state index is 11.1. The fourth-order valence-corrected chi connectivity index (χ4v) is 2.47. The molecule has 1 saturated heterocycles. The predicted octanol–water partition coefficient (Wildman–Crippen LogP) is -0.607. The Bertz CT molecular complexity index is 231. The molecule has 2 aliphatic rings. The number of rotatable bonds is 2. The number of aliphatic hydroxyl groups excluding tert-OH is 2. The molecule has 0 radical (unpaired) electrons. The van der Waals surface area contributed by atoms with E-state index < -0.39 is 6.10 Å². The van der Waals surface area contributed by atoms with Crippen molar-refractivity contribution in [2.75, 3.05) is 19.7 Å². The third-order valence-electron chi connectivity index (χ3n) is 3.41. The van der Waals surface area contributed by atoms with E-state index in [1.165, 1.54) is 0 Å². The monoisotopic (exact) mass is 199 g/mol. The summed E-state index contributed by atoms with van der Waals surface area (Å²) in [5, 5.41) is 18.6. The highest BCUT2D eigenvalue weighted by Gasteiger charge is 2.37. The van der Waals surface area contributed by atoms with Crippen molar-refractivity contribution in [1.29, 1.82) is 0 Å². The van der Waals surface area contributed by atoms with Gasteiger partial charge < -0.3 is 10.2 Å². The van der Waals surface area contributed by atoms with Gasteiger partial charge in [-0.25, -0.2) is 0 Å². The Labute approximate surface area is 83.5 Å². The lowest BCUT2D eigenvalue weighted by molar-refractivity contribution is -0.117. The van der Waals surface area contributed by atoms with Crippen LogP contribution in [-0.4, -0.2) is 52.7 Å². The highest BCUT2D eigenvalue weighted by atomic mass is 16.3. The fourth-order valence-electron chi connectivity index (χ4n) is 2.47. The van der Waals surface area contributed by atoms with Crippen LogP contribution in [0.4, 0.5) is 0 Å². The van der Waals surface area contributed by atoms with Crippen LogP contribution in [0.3, 0.4) is 0 Å². The number of likely N-dealkylation sites (tertiary alicyclic amines) is 1. The van der Waals surface area contributed by atoms with Crippen molar-refractivity contribution in [3.63, 3.8) is 0 Å². The lowest BCUT2D eigenvalue weighted by atomic mass is 10.1. The van der Waals surface area contributed by atoms with Gasteiger partial charge in [0.05, 0.1) is 6.10 Å². The molecule has 2 fully saturated rings. The molecule has 0 bridgehead atoms. The Balaban J connectivity index is 1.91. The Kier molecular flexibility index (Phi) is 2.85. The first-order valence-corrected chi connectivity index (χ1v) is 5.25. The van der Waals surface area contributed by atoms with Crippen molar-refractivity contribution in [1.82, 2.24) is 4.90 Å². The number of ketones is 1. The Morgan fingerprint density at radius 1 is 1.43 bits per heavy atom. The number of carbonyl (C=O) groups excluding carboxylic acids is 1. The Hall–Kier alpha value is -0.450. The smallest absolute Gasteiger partial charge is 0.134 e. The summed E-state index contributed by atoms with van der Waals surface area (Å²) in [7, 11) is 0. The van der Waals surface area contributed by atoms with Gasteiger partial charge in [0.1, 0.15) is 5.78 Å². The molecule has 1 heterocycles. The van der Waals surface area contributed by atoms with Crippen LogP contribution in [0.2, 0.25) is 0 Å². The molecule has 0 aromatic heterocycles. The van der Waals surface area contributed by atoms with E-state index in [9.17, 15) is 9.90 Å². The van der Waals surface area contributed by atoms with Gasteiger partial charge in [0.25, 0.3) is 0 Å². The number of nitrogens with zero attached hydrogens (tertiary/aromatic N) is 1. The van der Waals surface area contributed by atoms with Crippen molar-refractivity contribution in [2.24, 2.45) is 5.92 Å². The Morgan fingerprint density at radius 2 is 2.21 bits per heavy atom. The molecule has 1 aliphatic carbocycles. The predicted molar refractivity (Wildman–Crippen MR) is 50.8 cm³/mol. The van der Waals surface area contributed by atoms with Crippen LogP contribution in [0.1, 0.15) is 19.3 Å². The Morgan fingerprint density at radius 3 is 2.71 bits per heavy atom. The molecule has 0 amide bonds. The van der Waals surface area contributed by atoms with Gasteiger partial charge in [-0.05, 0) is 6.42 Å². The molecule has 80 valence electrons. The highest BCUT2D eigenvalue weighted by molar-refractivity contribution is 5.81. The quantitative estimate of drug-likeness (QED) is 0.623. The number of β-amino-alcohol motifs (C(OH)–C–C–N with tert-alkyl or cyclic N) is 1. The van der Waals surface area contributed by atoms with E-state index in [-0.39, 0.29) is 12.5 Å². The summed E-state index contributed by atoms with van der Waals surface area (Å²) in [4.78, 5) is 13.3. The van der Waals surface area contributed by atoms with Crippen LogP contribution in [0.5, 0.6) is 0 Å². The second-order valence-corrected chi connectivity index (χ2v) is 4.40. The summed E-state index contributed by atoms with van der Waals surface area (Å²) in [6.45, 7) is 1.39. The van der Waals surface area contributed by atoms with Crippen LogP contribution in [0.15, 0.2) is 0 Å². The van der Waals surface area contributed by atoms with E-state index in [1.807, 2.05) is 0 Å². The number of carbonyl (C=O) groups is 1. The first-order chi connectivity index (χ1) is 6.70. The maximum Gasteiger partial charge on any atom is 0.134 e. The lowest BCUT2D eigenvalue weighted by Crippen LogP contribution is -2.32. The first-order valence-electron chi connectivity index (χ1n) is 5.25. The number of Topliss-reactive ketones (excluding diaryl/α,β-unsaturated/α-hetero) is 1. The van der Waals surface area contributed by atoms with Gasteiger partial charge in [0, 0.05) is 44.5 Å². The minimum atomic E-state index is -0.421. The summed E-state index contributed by atoms with van der Waals surface area (Å²) < 4.78 is 0. The van der Waals surface area contributed by atoms with Crippen molar-refractivity contribution in [2.45, 2.75) is 31.4 Å². The first kappa shape index (κ1) is 10.1. The van der Waals surface area contributed by atoms with E-state index in [0.717, 1.165) is 13.0 Å². The molecule has 4 nitrogen and oxygen atoms in total. The summed E-state index contributed by atoms with van der Waals surface area (Å²) in [5.74, 6) is 0.308. The zero-order valence-electron chi connectivity index (χ0n) is 8.22. The summed E-state index contributed by atoms with van der Waals surface area (Å²) >= 11 is 0. The lowest BCUT2D eigenvalue weighted by Gasteiger charge is -2.22. The average Bonchev–Trinajstić information content (AvgIpc) is 2.71. The van der Waals surface area contributed by atoms with Crippen LogP contribution < -0.4 is 0 Å². The van der Waals surface area contributed by atoms with Gasteiger partial charge in [-0.1, -0.05) is 0 Å². The van der Waals surface area contributed by atoms with E-state index >= 15 is 0 Å². The molecule has 2 N–H and O–H groups in total. The minimum absolute atomic E-state index is 0.0225. The topological polar surface area (TPSA) is 60.8 Å². The third kappa shape index (κ3) is 1.82. The van der Waals surface area contributed by atoms with Crippen LogP contribution in [0.25, 0.3) is 0 Å². The maximum absolute atomic E-state index is 11.1. The number of hydrogen-bond acceptors (Lipinski definition) is 4. The van der Waals surface area contributed by atoms with Gasteiger partial charge in [0.2, 0.25) is 0 Å². The SMILES string of the molecule is O=C1CCC(N2CC(O)C(CO)C2)C1. The van der Waals surface area contributed by atoms with Gasteiger partial charge in [0.15, 0.2) is 0 Å². The van der Waals surface area contributed by atoms with Crippen molar-refractivity contribution in [3.8, 4) is 0 Å². The molecule has 0 aromatic carbocycles.